The lowest BCUT2D eigenvalue weighted by atomic mass is 9.79. The standard InChI is InChI=1S/C15H20ClF.C15H19F3.C15H20F2.C13H15ClF2.C13H16ClF.C13H17Cl.C13H15F3.C13H16F2.C13H11F/c1-11-2-4-12(5-3-11)6-7-13-8-9-14(16)15(17)10-13;1-10-2-4-11(5-3-10)6-7-12-8-13(16)15(18)14(17)9-12;1-11-2-4-12(5-3-11)6-7-13-8-9-14(16)15(17)10-13;1-8-2-4-9(5-3-8)10-6-11(15)13(14)12(16)7-10;1-9-2-4-10(5-3-9)11-6-7-12(14)13(15)8-11;1-10-2-4-11(5-3-10)12-6-8-13(14)9-7-12;1-8-2-4-9(5-3-8)10-6-11(14)13(16)12(15)7-10;1-9-2-4-10(5-3-9)11-6-7-12(14)13(15)8-11;1-10-2-4-11(5-3-10)12-6-8-13(14)9-7-12/h8-12H,2-7H2,1H3;8-11H,2-7H2,1H3;8-12H,2-7H2,1H3;6-9H,2-5H2,1H3;6-10H,2-5H2,1H3;6-11H,2-5H2,1H3;6-9H,2-5H2,1H3;6-10H,2-5H2,1H3;2-9H,1H3. The van der Waals surface area contributed by atoms with Gasteiger partial charge in [0.05, 0.1) is 10.0 Å². The Bertz CT molecular complexity index is 5060. The van der Waals surface area contributed by atoms with Gasteiger partial charge in [0.25, 0.3) is 0 Å². The van der Waals surface area contributed by atoms with Crippen molar-refractivity contribution in [2.24, 2.45) is 65.1 Å². The van der Waals surface area contributed by atoms with Gasteiger partial charge in [0, 0.05) is 5.02 Å². The summed E-state index contributed by atoms with van der Waals surface area (Å²) < 4.78 is 195. The molecule has 0 saturated heterocycles. The third kappa shape index (κ3) is 39.2. The number of rotatable bonds is 15. The molecule has 0 N–H and O–H groups in total. The topological polar surface area (TPSA) is 0 Å². The number of benzene rings is 10. The fourth-order valence-corrected chi connectivity index (χ4v) is 21.8. The van der Waals surface area contributed by atoms with Gasteiger partial charge in [-0.25, -0.2) is 65.9 Å². The first-order valence-corrected chi connectivity index (χ1v) is 54.1. The molecule has 10 aromatic carbocycles. The van der Waals surface area contributed by atoms with E-state index in [2.05, 4.69) is 86.6 Å². The second kappa shape index (κ2) is 59.3. The van der Waals surface area contributed by atoms with Crippen molar-refractivity contribution in [3.63, 3.8) is 0 Å². The molecule has 0 radical (unpaired) electrons. The van der Waals surface area contributed by atoms with Crippen molar-refractivity contribution in [3.8, 4) is 11.1 Å². The Kier molecular flexibility index (Phi) is 48.6. The minimum absolute atomic E-state index is 0.181. The van der Waals surface area contributed by atoms with Crippen LogP contribution >= 0.6 is 46.4 Å². The first-order valence-electron chi connectivity index (χ1n) is 52.6. The summed E-state index contributed by atoms with van der Waals surface area (Å²) in [6.07, 6.45) is 44.5. The third-order valence-corrected chi connectivity index (χ3v) is 32.6. The van der Waals surface area contributed by atoms with Crippen LogP contribution in [0, 0.1) is 159 Å². The van der Waals surface area contributed by atoms with Crippen LogP contribution in [0.4, 0.5) is 65.9 Å². The highest BCUT2D eigenvalue weighted by molar-refractivity contribution is 6.31. The van der Waals surface area contributed by atoms with Crippen LogP contribution in [0.25, 0.3) is 11.1 Å². The van der Waals surface area contributed by atoms with E-state index >= 15 is 0 Å². The zero-order chi connectivity index (χ0) is 103. The lowest BCUT2D eigenvalue weighted by molar-refractivity contribution is 0.277. The number of hydrogen-bond donors (Lipinski definition) is 0. The van der Waals surface area contributed by atoms with E-state index in [0.717, 1.165) is 217 Å². The summed E-state index contributed by atoms with van der Waals surface area (Å²) in [5.41, 5.74) is 10.9. The fourth-order valence-electron chi connectivity index (χ4n) is 21.4. The van der Waals surface area contributed by atoms with E-state index in [9.17, 15) is 65.9 Å². The van der Waals surface area contributed by atoms with E-state index < -0.39 is 74.8 Å². The van der Waals surface area contributed by atoms with Crippen LogP contribution in [0.2, 0.25) is 20.1 Å². The quantitative estimate of drug-likeness (QED) is 0.0709. The van der Waals surface area contributed by atoms with Gasteiger partial charge in [-0.2, -0.15) is 0 Å². The van der Waals surface area contributed by atoms with Crippen molar-refractivity contribution in [2.75, 3.05) is 0 Å². The van der Waals surface area contributed by atoms with Crippen LogP contribution in [0.5, 0.6) is 0 Å². The highest BCUT2D eigenvalue weighted by atomic mass is 35.5. The molecule has 0 bridgehead atoms. The van der Waals surface area contributed by atoms with Gasteiger partial charge in [-0.1, -0.05) is 321 Å². The normalized spacial score (nSPS) is 24.2. The average molecular weight is 2050 g/mol. The molecule has 0 aliphatic heterocycles. The predicted octanol–water partition coefficient (Wildman–Crippen LogP) is 41.6. The van der Waals surface area contributed by atoms with Crippen LogP contribution in [-0.4, -0.2) is 0 Å². The molecule has 0 aromatic heterocycles. The van der Waals surface area contributed by atoms with Crippen LogP contribution in [0.3, 0.4) is 0 Å². The van der Waals surface area contributed by atoms with Gasteiger partial charge >= 0.3 is 0 Å². The number of aryl methyl sites for hydroxylation is 4. The molecule has 0 spiro atoms. The van der Waals surface area contributed by atoms with Gasteiger partial charge < -0.3 is 0 Å². The summed E-state index contributed by atoms with van der Waals surface area (Å²) in [5, 5.41) is 0.897. The number of halogens is 19. The molecule has 8 saturated carbocycles. The molecular formula is C123H149Cl4F15. The summed E-state index contributed by atoms with van der Waals surface area (Å²) in [6, 6.07) is 49.4. The minimum atomic E-state index is -1.37. The smallest absolute Gasteiger partial charge is 0.194 e. The number of hydrogen-bond acceptors (Lipinski definition) is 0. The molecule has 0 atom stereocenters. The lowest BCUT2D eigenvalue weighted by Gasteiger charge is -2.26. The maximum atomic E-state index is 13.3. The highest BCUT2D eigenvalue weighted by Crippen LogP contribution is 2.44. The maximum absolute atomic E-state index is 13.3. The van der Waals surface area contributed by atoms with Gasteiger partial charge in [0.1, 0.15) is 34.1 Å². The van der Waals surface area contributed by atoms with Crippen molar-refractivity contribution in [3.05, 3.63) is 339 Å². The van der Waals surface area contributed by atoms with Crippen LogP contribution in [0.1, 0.15) is 360 Å². The maximum Gasteiger partial charge on any atom is 0.194 e. The Hall–Kier alpha value is -7.69. The summed E-state index contributed by atoms with van der Waals surface area (Å²) >= 11 is 22.7. The Labute approximate surface area is 858 Å². The van der Waals surface area contributed by atoms with E-state index in [1.54, 1.807) is 48.5 Å². The van der Waals surface area contributed by atoms with E-state index in [0.29, 0.717) is 41.2 Å². The SMILES string of the molecule is CC1CCC(CCc2cc(F)c(F)c(F)c2)CC1.CC1CCC(CCc2ccc(Cl)c(F)c2)CC1.CC1CCC(CCc2ccc(F)c(F)c2)CC1.CC1CCC(c2cc(F)c(Cl)c(F)c2)CC1.CC1CCC(c2cc(F)c(F)c(F)c2)CC1.CC1CCC(c2ccc(Cl)c(F)c2)CC1.CC1CCC(c2ccc(Cl)cc2)CC1.CC1CCC(c2ccc(F)c(F)c2)CC1.Cc1ccc(-c2ccc(F)cc2)cc1. The van der Waals surface area contributed by atoms with Gasteiger partial charge in [-0.05, 0) is 369 Å². The van der Waals surface area contributed by atoms with E-state index in [4.69, 9.17) is 46.4 Å². The molecular weight excluding hydrogens is 1900 g/mol. The zero-order valence-electron chi connectivity index (χ0n) is 84.6. The molecule has 774 valence electrons. The molecule has 19 heteroatoms. The summed E-state index contributed by atoms with van der Waals surface area (Å²) in [5.74, 6) is -1.02. The second-order valence-corrected chi connectivity index (χ2v) is 44.6. The predicted molar refractivity (Wildman–Crippen MR) is 558 cm³/mol. The molecule has 0 nitrogen and oxygen atoms in total. The second-order valence-electron chi connectivity index (χ2n) is 43.0. The molecule has 8 aliphatic carbocycles. The Balaban J connectivity index is 0.000000164. The molecule has 18 rings (SSSR count). The van der Waals surface area contributed by atoms with Crippen molar-refractivity contribution >= 4 is 46.4 Å². The van der Waals surface area contributed by atoms with Crippen molar-refractivity contribution in [1.29, 1.82) is 0 Å². The zero-order valence-corrected chi connectivity index (χ0v) is 87.6. The monoisotopic (exact) mass is 2050 g/mol. The molecule has 0 amide bonds. The Morgan fingerprint density at radius 2 is 0.458 bits per heavy atom. The van der Waals surface area contributed by atoms with E-state index in [-0.39, 0.29) is 39.3 Å². The van der Waals surface area contributed by atoms with Gasteiger partial charge in [-0.3, -0.25) is 0 Å². The van der Waals surface area contributed by atoms with Crippen molar-refractivity contribution < 1.29 is 65.9 Å². The molecule has 8 fully saturated rings. The van der Waals surface area contributed by atoms with Crippen molar-refractivity contribution in [2.45, 2.75) is 336 Å². The highest BCUT2D eigenvalue weighted by Gasteiger charge is 2.29. The van der Waals surface area contributed by atoms with Crippen molar-refractivity contribution in [1.82, 2.24) is 0 Å². The van der Waals surface area contributed by atoms with Crippen LogP contribution in [-0.2, 0) is 19.3 Å². The first kappa shape index (κ1) is 116. The van der Waals surface area contributed by atoms with E-state index in [1.165, 1.54) is 207 Å². The van der Waals surface area contributed by atoms with Gasteiger partial charge in [-0.15, -0.1) is 0 Å². The van der Waals surface area contributed by atoms with Gasteiger partial charge in [0.2, 0.25) is 0 Å². The Morgan fingerprint density at radius 3 is 0.803 bits per heavy atom. The van der Waals surface area contributed by atoms with Crippen LogP contribution < -0.4 is 0 Å². The summed E-state index contributed by atoms with van der Waals surface area (Å²) in [4.78, 5) is 0. The molecule has 142 heavy (non-hydrogen) atoms. The minimum Gasteiger partial charge on any atom is -0.207 e. The lowest BCUT2D eigenvalue weighted by Crippen LogP contribution is -2.13. The Morgan fingerprint density at radius 1 is 0.211 bits per heavy atom. The molecule has 0 unspecified atom stereocenters. The summed E-state index contributed by atoms with van der Waals surface area (Å²) in [6.45, 7) is 20.3. The van der Waals surface area contributed by atoms with E-state index in [1.807, 2.05) is 36.4 Å². The molecule has 8 aliphatic rings. The first-order chi connectivity index (χ1) is 67.8. The third-order valence-electron chi connectivity index (χ3n) is 31.4. The molecule has 0 heterocycles. The summed E-state index contributed by atoms with van der Waals surface area (Å²) in [7, 11) is 0. The largest absolute Gasteiger partial charge is 0.207 e. The van der Waals surface area contributed by atoms with Crippen LogP contribution in [0.15, 0.2) is 182 Å². The average Bonchev–Trinajstić information content (AvgIpc) is 0.847. The fraction of sp³-hybridized carbons (Fsp3) is 0.512. The molecule has 10 aromatic rings. The van der Waals surface area contributed by atoms with Gasteiger partial charge in [0.15, 0.2) is 58.2 Å².